The fourth-order valence-electron chi connectivity index (χ4n) is 6.71. The molecule has 23 nitrogen and oxygen atoms in total. The van der Waals surface area contributed by atoms with Crippen molar-refractivity contribution in [3.05, 3.63) is 176 Å². The summed E-state index contributed by atoms with van der Waals surface area (Å²) in [6.45, 7) is 1.08. The Morgan fingerprint density at radius 1 is 0.658 bits per heavy atom. The number of rotatable bonds is 16. The van der Waals surface area contributed by atoms with Gasteiger partial charge in [-0.3, -0.25) is 19.8 Å². The van der Waals surface area contributed by atoms with E-state index in [1.165, 1.54) is 77.5 Å². The van der Waals surface area contributed by atoms with E-state index < -0.39 is 41.1 Å². The number of methoxy groups -OCH3 is 4. The third-order valence-electron chi connectivity index (χ3n) is 10.1. The van der Waals surface area contributed by atoms with Crippen LogP contribution in [0.15, 0.2) is 124 Å². The fourth-order valence-corrected chi connectivity index (χ4v) is 6.85. The Hall–Kier alpha value is -9.59. The molecule has 8 aromatic rings. The number of anilines is 2. The van der Waals surface area contributed by atoms with E-state index in [4.69, 9.17) is 52.5 Å². The Bertz CT molecular complexity index is 3320. The molecule has 0 aliphatic rings. The molecule has 0 radical (unpaired) electrons. The van der Waals surface area contributed by atoms with Crippen LogP contribution in [0.25, 0.3) is 11.9 Å². The molecule has 0 spiro atoms. The largest absolute Gasteiger partial charge is 0.493 e. The number of aliphatic imine (C=N–C) groups is 1. The summed E-state index contributed by atoms with van der Waals surface area (Å²) < 4.78 is 53.6. The van der Waals surface area contributed by atoms with Crippen LogP contribution in [-0.4, -0.2) is 107 Å². The third-order valence-corrected chi connectivity index (χ3v) is 10.4. The molecule has 2 atom stereocenters. The number of nitrogens with two attached hydrogens (primary N) is 2. The van der Waals surface area contributed by atoms with E-state index >= 15 is 8.78 Å². The Kier molecular flexibility index (Phi) is 17.6. The van der Waals surface area contributed by atoms with Gasteiger partial charge in [0, 0.05) is 84.5 Å². The van der Waals surface area contributed by atoms with Crippen molar-refractivity contribution < 1.29 is 37.6 Å². The highest BCUT2D eigenvalue weighted by Crippen LogP contribution is 2.37. The number of aromatic amines is 2. The Labute approximate surface area is 418 Å². The van der Waals surface area contributed by atoms with Crippen LogP contribution in [0, 0.1) is 11.6 Å². The summed E-state index contributed by atoms with van der Waals surface area (Å²) in [4.78, 5) is 60.0. The van der Waals surface area contributed by atoms with Gasteiger partial charge in [0.15, 0.2) is 34.6 Å². The Morgan fingerprint density at radius 2 is 1.00 bits per heavy atom. The van der Waals surface area contributed by atoms with Crippen molar-refractivity contribution in [2.24, 2.45) is 16.5 Å². The van der Waals surface area contributed by atoms with Gasteiger partial charge in [0.2, 0.25) is 0 Å². The minimum Gasteiger partial charge on any atom is -0.493 e. The number of hydrogen-bond acceptors (Lipinski definition) is 17. The van der Waals surface area contributed by atoms with Crippen LogP contribution in [0.2, 0.25) is 0 Å². The van der Waals surface area contributed by atoms with Gasteiger partial charge in [-0.15, -0.1) is 19.6 Å². The number of carbonyl (C=O) groups is 1. The standard InChI is InChI=1S/C23H23FN8O3.C22H20FN7O3S.C2H4O2/c1-26-20(25)13-5-7-14(8-6-13)29-19(15-11-17(34-2)18(35-3)12-16(15)24)21-30-23(33)32(31-21)22-27-9-4-10-28-22;1-32-16-10-14(15(23)11-17(16)33-2)18(27-13-6-4-12(5-7-13)19(24)34)20-28-22(31)30(29-20)21-25-8-3-9-26-21;1-2(3)4/h4-12,19,29H,1-3H3,(H2,25,26)(H,30,31,33);3-11,18,27H,1-2H3,(H2,24,34)(H,28,29,31);1H3,(H,3,4). The van der Waals surface area contributed by atoms with Crippen molar-refractivity contribution in [2.45, 2.75) is 19.0 Å². The van der Waals surface area contributed by atoms with Gasteiger partial charge in [-0.05, 0) is 72.8 Å². The summed E-state index contributed by atoms with van der Waals surface area (Å²) in [7, 11) is 7.32. The topological polar surface area (TPSA) is 316 Å². The first kappa shape index (κ1) is 52.8. The van der Waals surface area contributed by atoms with Gasteiger partial charge in [-0.2, -0.15) is 0 Å². The van der Waals surface area contributed by atoms with E-state index in [1.807, 2.05) is 0 Å². The van der Waals surface area contributed by atoms with Crippen molar-refractivity contribution in [2.75, 3.05) is 46.1 Å². The highest BCUT2D eigenvalue weighted by Gasteiger charge is 2.28. The van der Waals surface area contributed by atoms with Gasteiger partial charge in [0.1, 0.15) is 34.5 Å². The lowest BCUT2D eigenvalue weighted by Crippen LogP contribution is -2.18. The second-order valence-corrected chi connectivity index (χ2v) is 15.3. The van der Waals surface area contributed by atoms with E-state index in [-0.39, 0.29) is 51.2 Å². The SMILES string of the molecule is CC(=O)O.CN=C(N)c1ccc(NC(c2nn(-c3ncccn3)c(=O)[nH]2)c2cc(OC)c(OC)cc2F)cc1.COc1cc(F)c(C(Nc2ccc(C(N)=S)cc2)c2nn(-c3ncccn3)c(=O)[nH]2)cc1OC. The zero-order valence-electron chi connectivity index (χ0n) is 39.7. The zero-order chi connectivity index (χ0) is 52.8. The second-order valence-electron chi connectivity index (χ2n) is 14.8. The van der Waals surface area contributed by atoms with Crippen LogP contribution in [0.1, 0.15) is 52.9 Å². The lowest BCUT2D eigenvalue weighted by Gasteiger charge is -2.20. The molecule has 2 unspecified atom stereocenters. The molecular weight excluding hydrogens is 973 g/mol. The number of aliphatic carboxylic acids is 1. The van der Waals surface area contributed by atoms with Crippen molar-refractivity contribution in [3.8, 4) is 34.9 Å². The molecule has 0 fully saturated rings. The predicted octanol–water partition coefficient (Wildman–Crippen LogP) is 4.48. The third kappa shape index (κ3) is 13.0. The van der Waals surface area contributed by atoms with E-state index in [0.29, 0.717) is 34.3 Å². The number of hydrogen-bond donors (Lipinski definition) is 7. The van der Waals surface area contributed by atoms with E-state index in [2.05, 4.69) is 55.7 Å². The maximum atomic E-state index is 15.3. The van der Waals surface area contributed by atoms with Crippen LogP contribution >= 0.6 is 12.2 Å². The lowest BCUT2D eigenvalue weighted by molar-refractivity contribution is -0.134. The summed E-state index contributed by atoms with van der Waals surface area (Å²) in [6.07, 6.45) is 5.94. The number of carboxylic acid groups (broad SMARTS) is 1. The molecule has 0 bridgehead atoms. The second kappa shape index (κ2) is 24.3. The number of nitrogens with one attached hydrogen (secondary N) is 4. The number of H-pyrrole nitrogens is 2. The molecule has 0 amide bonds. The van der Waals surface area contributed by atoms with Crippen LogP contribution in [0.3, 0.4) is 0 Å². The number of carboxylic acids is 1. The van der Waals surface area contributed by atoms with Gasteiger partial charge in [-0.25, -0.2) is 38.3 Å². The molecule has 0 saturated heterocycles. The average Bonchev–Trinajstić information content (AvgIpc) is 3.99. The van der Waals surface area contributed by atoms with E-state index in [9.17, 15) is 9.59 Å². The average molecular weight is 1020 g/mol. The van der Waals surface area contributed by atoms with Gasteiger partial charge in [-0.1, -0.05) is 12.2 Å². The summed E-state index contributed by atoms with van der Waals surface area (Å²) in [5.74, 6) is -0.171. The maximum Gasteiger partial charge on any atom is 0.350 e. The van der Waals surface area contributed by atoms with Crippen LogP contribution in [0.5, 0.6) is 23.0 Å². The molecule has 4 aromatic carbocycles. The number of amidine groups is 1. The molecule has 8 rings (SSSR count). The highest BCUT2D eigenvalue weighted by atomic mass is 32.1. The molecule has 0 aliphatic carbocycles. The highest BCUT2D eigenvalue weighted by molar-refractivity contribution is 7.80. The lowest BCUT2D eigenvalue weighted by atomic mass is 10.0. The smallest absolute Gasteiger partial charge is 0.350 e. The van der Waals surface area contributed by atoms with Crippen molar-refractivity contribution in [1.82, 2.24) is 49.5 Å². The molecule has 0 aliphatic heterocycles. The van der Waals surface area contributed by atoms with Crippen LogP contribution in [0.4, 0.5) is 20.2 Å². The van der Waals surface area contributed by atoms with Gasteiger partial charge in [0.25, 0.3) is 17.9 Å². The molecule has 73 heavy (non-hydrogen) atoms. The van der Waals surface area contributed by atoms with E-state index in [0.717, 1.165) is 21.9 Å². The monoisotopic (exact) mass is 1020 g/mol. The van der Waals surface area contributed by atoms with Crippen LogP contribution in [-0.2, 0) is 4.79 Å². The molecule has 4 aromatic heterocycles. The minimum absolute atomic E-state index is 0.0716. The van der Waals surface area contributed by atoms with E-state index in [1.54, 1.807) is 67.7 Å². The Morgan fingerprint density at radius 3 is 1.33 bits per heavy atom. The summed E-state index contributed by atoms with van der Waals surface area (Å²) in [5, 5.41) is 22.5. The quantitative estimate of drug-likeness (QED) is 0.0399. The number of aromatic nitrogens is 10. The molecule has 9 N–H and O–H groups in total. The molecule has 378 valence electrons. The first-order valence-corrected chi connectivity index (χ1v) is 21.7. The maximum absolute atomic E-state index is 15.3. The number of ether oxygens (including phenoxy) is 4. The molecule has 26 heteroatoms. The molecule has 4 heterocycles. The van der Waals surface area contributed by atoms with Gasteiger partial charge in [0.05, 0.1) is 28.4 Å². The first-order valence-electron chi connectivity index (χ1n) is 21.3. The van der Waals surface area contributed by atoms with Gasteiger partial charge < -0.3 is 46.2 Å². The number of nitrogens with zero attached hydrogens (tertiary/aromatic N) is 9. The fraction of sp³-hybridized carbons (Fsp3) is 0.170. The van der Waals surface area contributed by atoms with Gasteiger partial charge >= 0.3 is 11.4 Å². The summed E-state index contributed by atoms with van der Waals surface area (Å²) in [5.41, 5.74) is 13.3. The molecule has 0 saturated carbocycles. The number of thiocarbonyl (C=S) groups is 1. The number of benzene rings is 4. The Balaban J connectivity index is 0.000000222. The predicted molar refractivity (Wildman–Crippen MR) is 268 cm³/mol. The first-order chi connectivity index (χ1) is 35.1. The van der Waals surface area contributed by atoms with Crippen molar-refractivity contribution in [3.63, 3.8) is 0 Å². The minimum atomic E-state index is -0.923. The molecular formula is C47H47F2N15O8S. The normalized spacial score (nSPS) is 11.6. The number of halogens is 2. The van der Waals surface area contributed by atoms with Crippen molar-refractivity contribution >= 4 is 40.4 Å². The summed E-state index contributed by atoms with van der Waals surface area (Å²) >= 11 is 5.00. The van der Waals surface area contributed by atoms with Crippen LogP contribution < -0.4 is 52.4 Å². The zero-order valence-corrected chi connectivity index (χ0v) is 40.5. The van der Waals surface area contributed by atoms with Crippen molar-refractivity contribution in [1.29, 1.82) is 0 Å². The summed E-state index contributed by atoms with van der Waals surface area (Å²) in [6, 6.07) is 20.7.